The van der Waals surface area contributed by atoms with Crippen LogP contribution in [0.3, 0.4) is 0 Å². The van der Waals surface area contributed by atoms with Crippen LogP contribution in [0.4, 0.5) is 0 Å². The summed E-state index contributed by atoms with van der Waals surface area (Å²) in [5.41, 5.74) is 0. The maximum Gasteiger partial charge on any atom is 0.306 e. The van der Waals surface area contributed by atoms with Gasteiger partial charge in [0, 0.05) is 19.3 Å². The largest absolute Gasteiger partial charge is 0.462 e. The summed E-state index contributed by atoms with van der Waals surface area (Å²) < 4.78 is 16.9. The minimum absolute atomic E-state index is 0.0688. The number of hydrogen-bond acceptors (Lipinski definition) is 6. The van der Waals surface area contributed by atoms with Crippen LogP contribution in [0, 0.1) is 0 Å². The molecule has 0 aliphatic rings. The Balaban J connectivity index is 4.11. The number of carbonyl (C=O) groups excluding carboxylic acids is 3. The van der Waals surface area contributed by atoms with Crippen LogP contribution < -0.4 is 0 Å². The summed E-state index contributed by atoms with van der Waals surface area (Å²) in [5.74, 6) is -0.852. The van der Waals surface area contributed by atoms with Crippen LogP contribution >= 0.6 is 0 Å². The molecule has 77 heavy (non-hydrogen) atoms. The molecule has 0 aliphatic heterocycles. The van der Waals surface area contributed by atoms with Gasteiger partial charge in [-0.25, -0.2) is 0 Å². The molecule has 452 valence electrons. The van der Waals surface area contributed by atoms with E-state index in [0.29, 0.717) is 19.3 Å². The second-order valence-electron chi connectivity index (χ2n) is 23.4. The van der Waals surface area contributed by atoms with Crippen molar-refractivity contribution in [1.29, 1.82) is 0 Å². The van der Waals surface area contributed by atoms with Crippen LogP contribution in [-0.2, 0) is 28.6 Å². The van der Waals surface area contributed by atoms with Gasteiger partial charge < -0.3 is 14.2 Å². The van der Waals surface area contributed by atoms with Crippen LogP contribution in [0.5, 0.6) is 0 Å². The van der Waals surface area contributed by atoms with Gasteiger partial charge in [0.05, 0.1) is 0 Å². The average molecular weight is 1080 g/mol. The summed E-state index contributed by atoms with van der Waals surface area (Å²) in [7, 11) is 0. The van der Waals surface area contributed by atoms with Crippen molar-refractivity contribution in [3.05, 3.63) is 36.5 Å². The van der Waals surface area contributed by atoms with Crippen molar-refractivity contribution >= 4 is 17.9 Å². The first-order chi connectivity index (χ1) is 38.0. The first kappa shape index (κ1) is 74.6. The molecule has 0 N–H and O–H groups in total. The first-order valence-electron chi connectivity index (χ1n) is 34.5. The van der Waals surface area contributed by atoms with Crippen molar-refractivity contribution in [2.24, 2.45) is 0 Å². The SMILES string of the molecule is CCCCC/C=C\CCCCCCCC(=O)OCC(COC(=O)CCCCCCCCCCCCCCCCCCCCC/C=C\C/C=C\CCCCCCC)OC(=O)CCCCCCCCCCCCCCCCCC. The maximum atomic E-state index is 12.9. The highest BCUT2D eigenvalue weighted by atomic mass is 16.6. The highest BCUT2D eigenvalue weighted by Crippen LogP contribution is 2.18. The van der Waals surface area contributed by atoms with Gasteiger partial charge in [-0.1, -0.05) is 320 Å². The molecule has 0 fully saturated rings. The molecule has 0 bridgehead atoms. The minimum atomic E-state index is -0.771. The van der Waals surface area contributed by atoms with Gasteiger partial charge in [0.25, 0.3) is 0 Å². The lowest BCUT2D eigenvalue weighted by atomic mass is 10.0. The van der Waals surface area contributed by atoms with E-state index in [9.17, 15) is 14.4 Å². The second kappa shape index (κ2) is 66.1. The topological polar surface area (TPSA) is 78.9 Å². The number of rotatable bonds is 64. The zero-order chi connectivity index (χ0) is 55.7. The minimum Gasteiger partial charge on any atom is -0.462 e. The van der Waals surface area contributed by atoms with Crippen molar-refractivity contribution < 1.29 is 28.6 Å². The first-order valence-corrected chi connectivity index (χ1v) is 34.5. The maximum absolute atomic E-state index is 12.9. The van der Waals surface area contributed by atoms with Crippen molar-refractivity contribution in [2.45, 2.75) is 386 Å². The van der Waals surface area contributed by atoms with Crippen molar-refractivity contribution in [3.8, 4) is 0 Å². The number of esters is 3. The van der Waals surface area contributed by atoms with Crippen molar-refractivity contribution in [1.82, 2.24) is 0 Å². The molecular formula is C71H132O6. The molecule has 1 unspecified atom stereocenters. The molecular weight excluding hydrogens is 949 g/mol. The van der Waals surface area contributed by atoms with Gasteiger partial charge in [0.1, 0.15) is 13.2 Å². The molecule has 0 amide bonds. The van der Waals surface area contributed by atoms with Gasteiger partial charge in [-0.3, -0.25) is 14.4 Å². The Kier molecular flexibility index (Phi) is 64.1. The number of carbonyl (C=O) groups is 3. The lowest BCUT2D eigenvalue weighted by Gasteiger charge is -2.18. The predicted octanol–water partition coefficient (Wildman–Crippen LogP) is 23.6. The molecule has 0 aromatic carbocycles. The van der Waals surface area contributed by atoms with Crippen LogP contribution in [-0.4, -0.2) is 37.2 Å². The van der Waals surface area contributed by atoms with E-state index in [1.165, 1.54) is 270 Å². The van der Waals surface area contributed by atoms with E-state index < -0.39 is 6.10 Å². The Morgan fingerprint density at radius 3 is 0.753 bits per heavy atom. The van der Waals surface area contributed by atoms with E-state index in [1.807, 2.05) is 0 Å². The van der Waals surface area contributed by atoms with E-state index in [2.05, 4.69) is 57.2 Å². The zero-order valence-electron chi connectivity index (χ0n) is 52.0. The third-order valence-electron chi connectivity index (χ3n) is 15.6. The molecule has 0 saturated carbocycles. The molecule has 0 aromatic rings. The normalized spacial score (nSPS) is 12.2. The monoisotopic (exact) mass is 1080 g/mol. The molecule has 0 aromatic heterocycles. The van der Waals surface area contributed by atoms with E-state index in [0.717, 1.165) is 70.6 Å². The van der Waals surface area contributed by atoms with Crippen molar-refractivity contribution in [2.75, 3.05) is 13.2 Å². The Bertz CT molecular complexity index is 1290. The standard InChI is InChI=1S/C71H132O6/c1-4-7-10-13-16-19-22-25-27-29-30-31-32-33-34-35-36-37-38-39-40-41-42-43-45-46-49-52-55-58-61-64-70(73)76-67-68(66-75-69(72)63-60-57-54-51-48-24-21-18-15-12-9-6-3)77-71(74)65-62-59-56-53-50-47-44-28-26-23-20-17-14-11-8-5-2/h18,21-22,25,29-30,68H,4-17,19-20,23-24,26-28,31-67H2,1-3H3/b21-18-,25-22-,30-29-. The summed E-state index contributed by atoms with van der Waals surface area (Å²) >= 11 is 0. The fourth-order valence-electron chi connectivity index (χ4n) is 10.4. The van der Waals surface area contributed by atoms with Gasteiger partial charge >= 0.3 is 17.9 Å². The van der Waals surface area contributed by atoms with Crippen LogP contribution in [0.25, 0.3) is 0 Å². The van der Waals surface area contributed by atoms with E-state index in [4.69, 9.17) is 14.2 Å². The third-order valence-corrected chi connectivity index (χ3v) is 15.6. The smallest absolute Gasteiger partial charge is 0.306 e. The molecule has 0 saturated heterocycles. The molecule has 0 spiro atoms. The van der Waals surface area contributed by atoms with E-state index in [1.54, 1.807) is 0 Å². The number of unbranched alkanes of at least 4 members (excludes halogenated alkanes) is 47. The number of ether oxygens (including phenoxy) is 3. The van der Waals surface area contributed by atoms with Gasteiger partial charge in [-0.2, -0.15) is 0 Å². The quantitative estimate of drug-likeness (QED) is 0.0261. The average Bonchev–Trinajstić information content (AvgIpc) is 3.43. The third kappa shape index (κ3) is 64.3. The molecule has 6 nitrogen and oxygen atoms in total. The van der Waals surface area contributed by atoms with Gasteiger partial charge in [0.15, 0.2) is 6.10 Å². The summed E-state index contributed by atoms with van der Waals surface area (Å²) in [6.45, 7) is 6.66. The van der Waals surface area contributed by atoms with Crippen molar-refractivity contribution in [3.63, 3.8) is 0 Å². The molecule has 0 aliphatic carbocycles. The Morgan fingerprint density at radius 2 is 0.468 bits per heavy atom. The fourth-order valence-corrected chi connectivity index (χ4v) is 10.4. The summed E-state index contributed by atoms with van der Waals surface area (Å²) in [4.78, 5) is 38.3. The molecule has 0 radical (unpaired) electrons. The molecule has 0 heterocycles. The van der Waals surface area contributed by atoms with Gasteiger partial charge in [-0.15, -0.1) is 0 Å². The van der Waals surface area contributed by atoms with E-state index in [-0.39, 0.29) is 31.1 Å². The Morgan fingerprint density at radius 1 is 0.260 bits per heavy atom. The van der Waals surface area contributed by atoms with Crippen LogP contribution in [0.15, 0.2) is 36.5 Å². The van der Waals surface area contributed by atoms with E-state index >= 15 is 0 Å². The summed E-state index contributed by atoms with van der Waals surface area (Å²) in [6.07, 6.45) is 81.8. The molecule has 6 heteroatoms. The Hall–Kier alpha value is -2.37. The summed E-state index contributed by atoms with van der Waals surface area (Å²) in [6, 6.07) is 0. The van der Waals surface area contributed by atoms with Crippen LogP contribution in [0.2, 0.25) is 0 Å². The van der Waals surface area contributed by atoms with Gasteiger partial charge in [0.2, 0.25) is 0 Å². The Labute approximate surface area is 480 Å². The lowest BCUT2D eigenvalue weighted by Crippen LogP contribution is -2.30. The van der Waals surface area contributed by atoms with Crippen LogP contribution in [0.1, 0.15) is 380 Å². The highest BCUT2D eigenvalue weighted by molar-refractivity contribution is 5.71. The second-order valence-corrected chi connectivity index (χ2v) is 23.4. The fraction of sp³-hybridized carbons (Fsp3) is 0.873. The number of allylic oxidation sites excluding steroid dienone is 6. The summed E-state index contributed by atoms with van der Waals surface area (Å²) in [5, 5.41) is 0. The highest BCUT2D eigenvalue weighted by Gasteiger charge is 2.19. The number of hydrogen-bond donors (Lipinski definition) is 0. The van der Waals surface area contributed by atoms with Gasteiger partial charge in [-0.05, 0) is 77.0 Å². The molecule has 1 atom stereocenters. The lowest BCUT2D eigenvalue weighted by molar-refractivity contribution is -0.167. The predicted molar refractivity (Wildman–Crippen MR) is 335 cm³/mol. The zero-order valence-corrected chi connectivity index (χ0v) is 52.0. The molecule has 0 rings (SSSR count).